The highest BCUT2D eigenvalue weighted by molar-refractivity contribution is 7.19. The van der Waals surface area contributed by atoms with E-state index in [9.17, 15) is 4.79 Å². The van der Waals surface area contributed by atoms with Crippen molar-refractivity contribution in [3.63, 3.8) is 0 Å². The third kappa shape index (κ3) is 4.64. The molecule has 2 aromatic heterocycles. The van der Waals surface area contributed by atoms with Crippen molar-refractivity contribution in [3.8, 4) is 5.75 Å². The maximum Gasteiger partial charge on any atom is 0.220 e. The van der Waals surface area contributed by atoms with Crippen LogP contribution in [0.5, 0.6) is 5.75 Å². The molecule has 3 aliphatic rings. The standard InChI is InChI=1S/C24H33N3O4S/c28-12-9-25-21(29)15-16-1-6-20-22(16)23-19(7-8-26-24(23)32-20)31-18-4-2-17(3-5-18)27-10-13-30-14-11-27/h7-8,16-18,28H,1-6,9-15H2,(H,25,29)/t16-,17-,18-/m1/s1. The molecule has 1 amide bonds. The molecule has 2 aromatic rings. The average molecular weight is 460 g/mol. The van der Waals surface area contributed by atoms with Crippen molar-refractivity contribution < 1.29 is 19.4 Å². The molecule has 2 N–H and O–H groups in total. The zero-order chi connectivity index (χ0) is 21.9. The molecule has 1 atom stereocenters. The first-order chi connectivity index (χ1) is 15.7. The smallest absolute Gasteiger partial charge is 0.220 e. The number of hydrogen-bond acceptors (Lipinski definition) is 7. The fourth-order valence-electron chi connectivity index (χ4n) is 5.57. The van der Waals surface area contributed by atoms with Crippen LogP contribution in [0.15, 0.2) is 12.3 Å². The van der Waals surface area contributed by atoms with Gasteiger partial charge in [0.2, 0.25) is 5.91 Å². The number of carbonyl (C=O) groups excluding carboxylic acids is 1. The number of aromatic nitrogens is 1. The van der Waals surface area contributed by atoms with Gasteiger partial charge in [0.15, 0.2) is 0 Å². The number of morpholine rings is 1. The third-order valence-corrected chi connectivity index (χ3v) is 8.33. The Bertz CT molecular complexity index is 935. The molecule has 5 rings (SSSR count). The second kappa shape index (κ2) is 10.0. The molecule has 8 heteroatoms. The number of amides is 1. The van der Waals surface area contributed by atoms with Crippen molar-refractivity contribution in [2.75, 3.05) is 39.5 Å². The van der Waals surface area contributed by atoms with E-state index in [2.05, 4.69) is 15.2 Å². The molecular weight excluding hydrogens is 426 g/mol. The highest BCUT2D eigenvalue weighted by atomic mass is 32.1. The molecule has 3 heterocycles. The van der Waals surface area contributed by atoms with Gasteiger partial charge in [-0.05, 0) is 56.1 Å². The predicted molar refractivity (Wildman–Crippen MR) is 124 cm³/mol. The van der Waals surface area contributed by atoms with Crippen LogP contribution in [0.25, 0.3) is 10.2 Å². The predicted octanol–water partition coefficient (Wildman–Crippen LogP) is 2.85. The Labute approximate surface area is 193 Å². The van der Waals surface area contributed by atoms with Crippen LogP contribution in [-0.2, 0) is 16.0 Å². The first-order valence-corrected chi connectivity index (χ1v) is 12.8. The van der Waals surface area contributed by atoms with Gasteiger partial charge in [0.25, 0.3) is 0 Å². The molecule has 2 aliphatic carbocycles. The van der Waals surface area contributed by atoms with Gasteiger partial charge < -0.3 is 19.9 Å². The summed E-state index contributed by atoms with van der Waals surface area (Å²) in [4.78, 5) is 21.9. The van der Waals surface area contributed by atoms with Gasteiger partial charge in [-0.2, -0.15) is 0 Å². The second-order valence-electron chi connectivity index (χ2n) is 9.14. The van der Waals surface area contributed by atoms with Gasteiger partial charge in [0.05, 0.1) is 31.3 Å². The molecule has 2 fully saturated rings. The van der Waals surface area contributed by atoms with Crippen molar-refractivity contribution in [2.45, 2.75) is 63.0 Å². The van der Waals surface area contributed by atoms with Gasteiger partial charge in [-0.3, -0.25) is 9.69 Å². The molecule has 0 radical (unpaired) electrons. The number of nitrogens with one attached hydrogen (secondary N) is 1. The van der Waals surface area contributed by atoms with E-state index >= 15 is 0 Å². The maximum atomic E-state index is 12.3. The van der Waals surface area contributed by atoms with Crippen molar-refractivity contribution in [2.24, 2.45) is 0 Å². The molecular formula is C24H33N3O4S. The lowest BCUT2D eigenvalue weighted by Crippen LogP contribution is -2.46. The number of carbonyl (C=O) groups is 1. The van der Waals surface area contributed by atoms with Crippen molar-refractivity contribution in [3.05, 3.63) is 22.7 Å². The Kier molecular flexibility index (Phi) is 6.92. The summed E-state index contributed by atoms with van der Waals surface area (Å²) in [5.41, 5.74) is 1.27. The minimum atomic E-state index is -0.0290. The molecule has 174 valence electrons. The lowest BCUT2D eigenvalue weighted by molar-refractivity contribution is -0.121. The minimum Gasteiger partial charge on any atom is -0.490 e. The number of aryl methyl sites for hydroxylation is 1. The zero-order valence-electron chi connectivity index (χ0n) is 18.6. The van der Waals surface area contributed by atoms with Crippen LogP contribution in [0, 0.1) is 0 Å². The summed E-state index contributed by atoms with van der Waals surface area (Å²) in [6.07, 6.45) is 9.03. The zero-order valence-corrected chi connectivity index (χ0v) is 19.4. The summed E-state index contributed by atoms with van der Waals surface area (Å²) in [5, 5.41) is 12.9. The van der Waals surface area contributed by atoms with E-state index < -0.39 is 0 Å². The third-order valence-electron chi connectivity index (χ3n) is 7.16. The van der Waals surface area contributed by atoms with Crippen LogP contribution in [0.2, 0.25) is 0 Å². The largest absolute Gasteiger partial charge is 0.490 e. The molecule has 0 spiro atoms. The summed E-state index contributed by atoms with van der Waals surface area (Å²) in [6, 6.07) is 2.66. The number of pyridine rings is 1. The number of ether oxygens (including phenoxy) is 2. The van der Waals surface area contributed by atoms with Crippen LogP contribution in [0.1, 0.15) is 54.9 Å². The lowest BCUT2D eigenvalue weighted by Gasteiger charge is -2.38. The molecule has 1 aliphatic heterocycles. The molecule has 32 heavy (non-hydrogen) atoms. The van der Waals surface area contributed by atoms with Crippen LogP contribution >= 0.6 is 11.3 Å². The molecule has 0 aromatic carbocycles. The highest BCUT2D eigenvalue weighted by Gasteiger charge is 2.32. The van der Waals surface area contributed by atoms with E-state index in [4.69, 9.17) is 14.6 Å². The van der Waals surface area contributed by atoms with Crippen LogP contribution in [-0.4, -0.2) is 72.5 Å². The van der Waals surface area contributed by atoms with E-state index in [0.717, 1.165) is 68.0 Å². The Morgan fingerprint density at radius 2 is 2.06 bits per heavy atom. The number of thiophene rings is 1. The lowest BCUT2D eigenvalue weighted by atomic mass is 9.91. The number of nitrogens with zero attached hydrogens (tertiary/aromatic N) is 2. The normalized spacial score (nSPS) is 26.2. The SMILES string of the molecule is O=C(C[C@H]1CCc2sc3nccc(O[C@H]4CC[C@H](N5CCOCC5)CC4)c3c21)NCCO. The first-order valence-electron chi connectivity index (χ1n) is 12.0. The van der Waals surface area contributed by atoms with Gasteiger partial charge in [0, 0.05) is 43.2 Å². The van der Waals surface area contributed by atoms with Crippen molar-refractivity contribution >= 4 is 27.5 Å². The summed E-state index contributed by atoms with van der Waals surface area (Å²) in [6.45, 7) is 4.09. The number of rotatable bonds is 7. The van der Waals surface area contributed by atoms with E-state index in [1.807, 2.05) is 12.3 Å². The van der Waals surface area contributed by atoms with Crippen molar-refractivity contribution in [1.82, 2.24) is 15.2 Å². The Morgan fingerprint density at radius 1 is 1.25 bits per heavy atom. The quantitative estimate of drug-likeness (QED) is 0.663. The van der Waals surface area contributed by atoms with Crippen LogP contribution < -0.4 is 10.1 Å². The average Bonchev–Trinajstić information content (AvgIpc) is 3.39. The molecule has 1 saturated heterocycles. The van der Waals surface area contributed by atoms with Gasteiger partial charge in [-0.1, -0.05) is 0 Å². The minimum absolute atomic E-state index is 0.00374. The van der Waals surface area contributed by atoms with Crippen LogP contribution in [0.3, 0.4) is 0 Å². The fraction of sp³-hybridized carbons (Fsp3) is 0.667. The summed E-state index contributed by atoms with van der Waals surface area (Å²) in [7, 11) is 0. The monoisotopic (exact) mass is 459 g/mol. The first kappa shape index (κ1) is 22.1. The van der Waals surface area contributed by atoms with Gasteiger partial charge >= 0.3 is 0 Å². The summed E-state index contributed by atoms with van der Waals surface area (Å²) < 4.78 is 12.1. The second-order valence-corrected chi connectivity index (χ2v) is 10.2. The van der Waals surface area contributed by atoms with Gasteiger partial charge in [-0.15, -0.1) is 11.3 Å². The van der Waals surface area contributed by atoms with Gasteiger partial charge in [-0.25, -0.2) is 4.98 Å². The highest BCUT2D eigenvalue weighted by Crippen LogP contribution is 2.48. The Hall–Kier alpha value is -1.74. The summed E-state index contributed by atoms with van der Waals surface area (Å²) in [5.74, 6) is 1.13. The van der Waals surface area contributed by atoms with Gasteiger partial charge in [0.1, 0.15) is 10.6 Å². The number of hydrogen-bond donors (Lipinski definition) is 2. The molecule has 7 nitrogen and oxygen atoms in total. The van der Waals surface area contributed by atoms with E-state index in [1.54, 1.807) is 11.3 Å². The Morgan fingerprint density at radius 3 is 2.84 bits per heavy atom. The Balaban J connectivity index is 1.28. The van der Waals surface area contributed by atoms with Crippen LogP contribution in [0.4, 0.5) is 0 Å². The summed E-state index contributed by atoms with van der Waals surface area (Å²) >= 11 is 1.75. The van der Waals surface area contributed by atoms with E-state index in [0.29, 0.717) is 19.0 Å². The molecule has 0 unspecified atom stereocenters. The maximum absolute atomic E-state index is 12.3. The topological polar surface area (TPSA) is 83.9 Å². The number of aliphatic hydroxyl groups excluding tert-OH is 1. The number of aliphatic hydroxyl groups is 1. The number of fused-ring (bicyclic) bond motifs is 3. The van der Waals surface area contributed by atoms with Crippen molar-refractivity contribution in [1.29, 1.82) is 0 Å². The van der Waals surface area contributed by atoms with E-state index in [-0.39, 0.29) is 24.5 Å². The van der Waals surface area contributed by atoms with E-state index in [1.165, 1.54) is 23.3 Å². The fourth-order valence-corrected chi connectivity index (χ4v) is 6.83. The molecule has 0 bridgehead atoms. The molecule has 1 saturated carbocycles.